The molecule has 0 heterocycles. The first-order chi connectivity index (χ1) is 10.6. The lowest BCUT2D eigenvalue weighted by Crippen LogP contribution is -2.37. The highest BCUT2D eigenvalue weighted by Gasteiger charge is 2.23. The second kappa shape index (κ2) is 7.82. The largest absolute Gasteiger partial charge is 0.493 e. The van der Waals surface area contributed by atoms with Gasteiger partial charge in [0.25, 0.3) is 5.91 Å². The summed E-state index contributed by atoms with van der Waals surface area (Å²) in [4.78, 5) is 22.5. The summed E-state index contributed by atoms with van der Waals surface area (Å²) in [5, 5.41) is 1.42. The van der Waals surface area contributed by atoms with Crippen LogP contribution in [0.2, 0.25) is 0 Å². The number of nitrogens with one attached hydrogen (secondary N) is 1. The molecule has 1 atom stereocenters. The lowest BCUT2D eigenvalue weighted by Gasteiger charge is -2.13. The topological polar surface area (TPSA) is 125 Å². The molecule has 1 unspecified atom stereocenters. The van der Waals surface area contributed by atoms with Crippen LogP contribution in [0.15, 0.2) is 18.2 Å². The maximum absolute atomic E-state index is 11.8. The smallest absolute Gasteiger partial charge is 0.255 e. The van der Waals surface area contributed by atoms with E-state index >= 15 is 0 Å². The Morgan fingerprint density at radius 2 is 1.96 bits per heavy atom. The molecule has 0 aromatic heterocycles. The van der Waals surface area contributed by atoms with Crippen molar-refractivity contribution in [2.24, 2.45) is 5.73 Å². The van der Waals surface area contributed by atoms with E-state index in [0.717, 1.165) is 6.26 Å². The van der Waals surface area contributed by atoms with Crippen LogP contribution in [-0.2, 0) is 26.0 Å². The molecule has 0 saturated carbocycles. The molecule has 1 rings (SSSR count). The molecule has 0 spiro atoms. The Bertz CT molecular complexity index is 687. The van der Waals surface area contributed by atoms with Crippen LogP contribution in [0.4, 0.5) is 0 Å². The van der Waals surface area contributed by atoms with Gasteiger partial charge < -0.3 is 20.5 Å². The van der Waals surface area contributed by atoms with Crippen LogP contribution in [0.25, 0.3) is 0 Å². The third-order valence-electron chi connectivity index (χ3n) is 3.08. The summed E-state index contributed by atoms with van der Waals surface area (Å²) in [6.45, 7) is 1.18. The van der Waals surface area contributed by atoms with Crippen molar-refractivity contribution in [1.29, 1.82) is 0 Å². The van der Waals surface area contributed by atoms with Crippen LogP contribution in [0.1, 0.15) is 12.5 Å². The van der Waals surface area contributed by atoms with Gasteiger partial charge in [-0.1, -0.05) is 6.07 Å². The predicted octanol–water partition coefficient (Wildman–Crippen LogP) is -0.391. The number of hydrogen-bond acceptors (Lipinski definition) is 6. The van der Waals surface area contributed by atoms with Crippen molar-refractivity contribution in [1.82, 2.24) is 5.32 Å². The summed E-state index contributed by atoms with van der Waals surface area (Å²) >= 11 is 0. The molecular formula is C14H20N2O6S. The first kappa shape index (κ1) is 18.8. The Hall–Kier alpha value is -2.29. The van der Waals surface area contributed by atoms with Crippen LogP contribution in [-0.4, -0.2) is 45.5 Å². The highest BCUT2D eigenvalue weighted by molar-refractivity contribution is 7.92. The van der Waals surface area contributed by atoms with Crippen molar-refractivity contribution >= 4 is 21.7 Å². The van der Waals surface area contributed by atoms with E-state index in [9.17, 15) is 18.0 Å². The molecule has 0 bridgehead atoms. The molecule has 3 N–H and O–H groups in total. The lowest BCUT2D eigenvalue weighted by atomic mass is 10.2. The summed E-state index contributed by atoms with van der Waals surface area (Å²) in [5.74, 6) is -0.487. The van der Waals surface area contributed by atoms with Gasteiger partial charge in [-0.2, -0.15) is 0 Å². The zero-order chi connectivity index (χ0) is 17.6. The van der Waals surface area contributed by atoms with Gasteiger partial charge in [-0.15, -0.1) is 0 Å². The SMILES string of the molecule is COc1cc(CNC(=O)C(C)S(C)(=O)=O)ccc1OCC(N)=O. The number of nitrogens with two attached hydrogens (primary N) is 1. The molecule has 23 heavy (non-hydrogen) atoms. The number of carbonyl (C=O) groups excluding carboxylic acids is 2. The number of carbonyl (C=O) groups is 2. The molecule has 1 aromatic carbocycles. The number of ether oxygens (including phenoxy) is 2. The van der Waals surface area contributed by atoms with Gasteiger partial charge in [-0.3, -0.25) is 9.59 Å². The standard InChI is InChI=1S/C14H20N2O6S/c1-9(23(3,19)20)14(18)16-7-10-4-5-11(12(6-10)21-2)22-8-13(15)17/h4-6,9H,7-8H2,1-3H3,(H2,15,17)(H,16,18). The molecule has 1 aromatic rings. The summed E-state index contributed by atoms with van der Waals surface area (Å²) in [6.07, 6.45) is 1.01. The Morgan fingerprint density at radius 3 is 2.48 bits per heavy atom. The van der Waals surface area contributed by atoms with E-state index in [1.807, 2.05) is 0 Å². The molecule has 2 amide bonds. The van der Waals surface area contributed by atoms with Gasteiger partial charge in [0.15, 0.2) is 27.9 Å². The van der Waals surface area contributed by atoms with Crippen LogP contribution in [0.5, 0.6) is 11.5 Å². The van der Waals surface area contributed by atoms with Crippen LogP contribution < -0.4 is 20.5 Å². The van der Waals surface area contributed by atoms with Crippen molar-refractivity contribution in [2.75, 3.05) is 20.0 Å². The fourth-order valence-corrected chi connectivity index (χ4v) is 2.09. The second-order valence-electron chi connectivity index (χ2n) is 4.93. The van der Waals surface area contributed by atoms with Crippen LogP contribution >= 0.6 is 0 Å². The summed E-state index contributed by atoms with van der Waals surface area (Å²) in [5.41, 5.74) is 5.69. The van der Waals surface area contributed by atoms with Crippen molar-refractivity contribution in [3.8, 4) is 11.5 Å². The maximum atomic E-state index is 11.8. The zero-order valence-electron chi connectivity index (χ0n) is 13.2. The number of primary amides is 1. The highest BCUT2D eigenvalue weighted by Crippen LogP contribution is 2.28. The van der Waals surface area contributed by atoms with Gasteiger partial charge in [-0.05, 0) is 24.6 Å². The van der Waals surface area contributed by atoms with Crippen molar-refractivity contribution in [3.63, 3.8) is 0 Å². The highest BCUT2D eigenvalue weighted by atomic mass is 32.2. The minimum Gasteiger partial charge on any atom is -0.493 e. The van der Waals surface area contributed by atoms with Crippen molar-refractivity contribution in [3.05, 3.63) is 23.8 Å². The summed E-state index contributed by atoms with van der Waals surface area (Å²) < 4.78 is 33.0. The average molecular weight is 344 g/mol. The second-order valence-corrected chi connectivity index (χ2v) is 7.30. The van der Waals surface area contributed by atoms with Gasteiger partial charge in [0.2, 0.25) is 5.91 Å². The first-order valence-corrected chi connectivity index (χ1v) is 8.65. The van der Waals surface area contributed by atoms with Crippen LogP contribution in [0.3, 0.4) is 0 Å². The molecule has 0 saturated heterocycles. The van der Waals surface area contributed by atoms with E-state index in [4.69, 9.17) is 15.2 Å². The predicted molar refractivity (Wildman–Crippen MR) is 83.8 cm³/mol. The lowest BCUT2D eigenvalue weighted by molar-refractivity contribution is -0.121. The number of hydrogen-bond donors (Lipinski definition) is 2. The van der Waals surface area contributed by atoms with E-state index in [0.29, 0.717) is 17.1 Å². The molecule has 0 aliphatic heterocycles. The van der Waals surface area contributed by atoms with Gasteiger partial charge in [0.05, 0.1) is 7.11 Å². The van der Waals surface area contributed by atoms with E-state index in [-0.39, 0.29) is 13.2 Å². The molecule has 0 aliphatic carbocycles. The molecule has 8 nitrogen and oxygen atoms in total. The minimum atomic E-state index is -3.44. The molecular weight excluding hydrogens is 324 g/mol. The maximum Gasteiger partial charge on any atom is 0.255 e. The quantitative estimate of drug-likeness (QED) is 0.661. The number of amides is 2. The number of methoxy groups -OCH3 is 1. The first-order valence-electron chi connectivity index (χ1n) is 6.69. The number of benzene rings is 1. The van der Waals surface area contributed by atoms with Crippen molar-refractivity contribution < 1.29 is 27.5 Å². The van der Waals surface area contributed by atoms with Gasteiger partial charge in [0, 0.05) is 12.8 Å². The molecule has 0 radical (unpaired) electrons. The van der Waals surface area contributed by atoms with E-state index in [1.165, 1.54) is 14.0 Å². The van der Waals surface area contributed by atoms with Crippen LogP contribution in [0, 0.1) is 0 Å². The molecule has 128 valence electrons. The molecule has 0 fully saturated rings. The average Bonchev–Trinajstić information content (AvgIpc) is 2.48. The number of rotatable bonds is 8. The van der Waals surface area contributed by atoms with Gasteiger partial charge in [0.1, 0.15) is 5.25 Å². The van der Waals surface area contributed by atoms with E-state index in [1.54, 1.807) is 18.2 Å². The van der Waals surface area contributed by atoms with E-state index < -0.39 is 26.9 Å². The zero-order valence-corrected chi connectivity index (χ0v) is 14.0. The fourth-order valence-electron chi connectivity index (χ4n) is 1.62. The summed E-state index contributed by atoms with van der Waals surface area (Å²) in [6, 6.07) is 4.84. The monoisotopic (exact) mass is 344 g/mol. The van der Waals surface area contributed by atoms with Crippen molar-refractivity contribution in [2.45, 2.75) is 18.7 Å². The van der Waals surface area contributed by atoms with E-state index in [2.05, 4.69) is 5.32 Å². The Morgan fingerprint density at radius 1 is 1.30 bits per heavy atom. The minimum absolute atomic E-state index is 0.130. The molecule has 9 heteroatoms. The molecule has 0 aliphatic rings. The Kier molecular flexibility index (Phi) is 6.38. The Labute approximate surface area is 134 Å². The third kappa shape index (κ3) is 5.78. The van der Waals surface area contributed by atoms with Gasteiger partial charge >= 0.3 is 0 Å². The third-order valence-corrected chi connectivity index (χ3v) is 4.57. The number of sulfone groups is 1. The Balaban J connectivity index is 2.75. The summed E-state index contributed by atoms with van der Waals surface area (Å²) in [7, 11) is -2.01. The normalized spacial score (nSPS) is 12.3. The van der Waals surface area contributed by atoms with Gasteiger partial charge in [-0.25, -0.2) is 8.42 Å². The fraction of sp³-hybridized carbons (Fsp3) is 0.429.